The lowest BCUT2D eigenvalue weighted by atomic mass is 9.88. The Morgan fingerprint density at radius 3 is 2.38 bits per heavy atom. The van der Waals surface area contributed by atoms with Crippen molar-refractivity contribution in [2.75, 3.05) is 24.6 Å². The molecule has 0 aromatic carbocycles. The normalized spacial score (nSPS) is 26.4. The first-order chi connectivity index (χ1) is 7.82. The summed E-state index contributed by atoms with van der Waals surface area (Å²) in [5, 5.41) is 0. The van der Waals surface area contributed by atoms with Crippen molar-refractivity contribution >= 4 is 11.8 Å². The van der Waals surface area contributed by atoms with Crippen molar-refractivity contribution in [3.8, 4) is 0 Å². The van der Waals surface area contributed by atoms with Gasteiger partial charge < -0.3 is 5.73 Å². The van der Waals surface area contributed by atoms with Crippen LogP contribution in [0, 0.1) is 0 Å². The summed E-state index contributed by atoms with van der Waals surface area (Å²) in [6.07, 6.45) is 8.27. The van der Waals surface area contributed by atoms with Crippen LogP contribution < -0.4 is 5.73 Å². The molecule has 0 amide bonds. The first-order valence-corrected chi connectivity index (χ1v) is 8.02. The third-order valence-corrected chi connectivity index (χ3v) is 5.50. The second-order valence-corrected chi connectivity index (χ2v) is 6.49. The molecular formula is C13H26N2S. The van der Waals surface area contributed by atoms with E-state index in [1.165, 1.54) is 56.6 Å². The molecule has 2 fully saturated rings. The molecule has 0 spiro atoms. The van der Waals surface area contributed by atoms with Crippen LogP contribution in [0.25, 0.3) is 0 Å². The van der Waals surface area contributed by atoms with Gasteiger partial charge >= 0.3 is 0 Å². The van der Waals surface area contributed by atoms with Gasteiger partial charge in [-0.25, -0.2) is 0 Å². The van der Waals surface area contributed by atoms with Crippen LogP contribution in [0.3, 0.4) is 0 Å². The van der Waals surface area contributed by atoms with Gasteiger partial charge in [-0.15, -0.1) is 0 Å². The van der Waals surface area contributed by atoms with E-state index in [0.717, 1.165) is 12.6 Å². The molecule has 0 radical (unpaired) electrons. The lowest BCUT2D eigenvalue weighted by Crippen LogP contribution is -2.58. The van der Waals surface area contributed by atoms with Crippen LogP contribution in [-0.4, -0.2) is 41.1 Å². The fourth-order valence-corrected chi connectivity index (χ4v) is 4.81. The van der Waals surface area contributed by atoms with Gasteiger partial charge in [-0.3, -0.25) is 4.90 Å². The molecular weight excluding hydrogens is 216 g/mol. The lowest BCUT2D eigenvalue weighted by Gasteiger charge is -2.48. The van der Waals surface area contributed by atoms with Crippen molar-refractivity contribution in [3.05, 3.63) is 0 Å². The summed E-state index contributed by atoms with van der Waals surface area (Å²) < 4.78 is 0. The molecule has 16 heavy (non-hydrogen) atoms. The van der Waals surface area contributed by atoms with E-state index in [1.807, 2.05) is 0 Å². The number of thioether (sulfide) groups is 1. The largest absolute Gasteiger partial charge is 0.329 e. The molecule has 2 nitrogen and oxygen atoms in total. The quantitative estimate of drug-likeness (QED) is 0.821. The highest BCUT2D eigenvalue weighted by Crippen LogP contribution is 2.36. The van der Waals surface area contributed by atoms with Gasteiger partial charge in [0, 0.05) is 18.1 Å². The van der Waals surface area contributed by atoms with Crippen LogP contribution in [0.15, 0.2) is 0 Å². The third-order valence-electron chi connectivity index (χ3n) is 4.52. The van der Waals surface area contributed by atoms with Crippen molar-refractivity contribution in [2.24, 2.45) is 5.73 Å². The van der Waals surface area contributed by atoms with Crippen LogP contribution in [0.2, 0.25) is 0 Å². The highest BCUT2D eigenvalue weighted by atomic mass is 32.2. The predicted octanol–water partition coefficient (Wildman–Crippen LogP) is 2.48. The van der Waals surface area contributed by atoms with E-state index < -0.39 is 0 Å². The average Bonchev–Trinajstić information content (AvgIpc) is 2.85. The Labute approximate surface area is 104 Å². The summed E-state index contributed by atoms with van der Waals surface area (Å²) in [5.74, 6) is 2.61. The van der Waals surface area contributed by atoms with Crippen LogP contribution in [0.1, 0.15) is 45.4 Å². The van der Waals surface area contributed by atoms with Gasteiger partial charge in [-0.1, -0.05) is 19.8 Å². The van der Waals surface area contributed by atoms with Crippen LogP contribution in [0.4, 0.5) is 0 Å². The Hall–Kier alpha value is 0.270. The molecule has 0 aromatic heterocycles. The molecule has 0 atom stereocenters. The summed E-state index contributed by atoms with van der Waals surface area (Å²) in [6.45, 7) is 4.36. The second-order valence-electron chi connectivity index (χ2n) is 5.27. The zero-order valence-corrected chi connectivity index (χ0v) is 11.4. The monoisotopic (exact) mass is 242 g/mol. The van der Waals surface area contributed by atoms with E-state index in [1.54, 1.807) is 0 Å². The van der Waals surface area contributed by atoms with Crippen molar-refractivity contribution in [3.63, 3.8) is 0 Å². The SMILES string of the molecule is CCN(C1CCCC1)C1(CN)CCSCC1. The fourth-order valence-electron chi connectivity index (χ4n) is 3.56. The molecule has 2 rings (SSSR count). The Morgan fingerprint density at radius 2 is 1.88 bits per heavy atom. The Kier molecular flexibility index (Phi) is 4.57. The Balaban J connectivity index is 2.08. The zero-order valence-electron chi connectivity index (χ0n) is 10.6. The molecule has 1 aliphatic heterocycles. The number of nitrogens with two attached hydrogens (primary N) is 1. The highest BCUT2D eigenvalue weighted by molar-refractivity contribution is 7.99. The summed E-state index contributed by atoms with van der Waals surface area (Å²) in [5.41, 5.74) is 6.47. The lowest BCUT2D eigenvalue weighted by molar-refractivity contribution is 0.0475. The van der Waals surface area contributed by atoms with Crippen LogP contribution in [0.5, 0.6) is 0 Å². The standard InChI is InChI=1S/C13H26N2S/c1-2-15(12-5-3-4-6-12)13(11-14)7-9-16-10-8-13/h12H,2-11,14H2,1H3. The molecule has 0 aromatic rings. The summed E-state index contributed by atoms with van der Waals surface area (Å²) >= 11 is 2.10. The van der Waals surface area contributed by atoms with Gasteiger partial charge in [0.25, 0.3) is 0 Å². The van der Waals surface area contributed by atoms with Gasteiger partial charge in [0.15, 0.2) is 0 Å². The number of hydrogen-bond acceptors (Lipinski definition) is 3. The van der Waals surface area contributed by atoms with Crippen molar-refractivity contribution < 1.29 is 0 Å². The number of rotatable bonds is 4. The summed E-state index contributed by atoms with van der Waals surface area (Å²) in [6, 6.07) is 0.830. The van der Waals surface area contributed by atoms with E-state index in [9.17, 15) is 0 Å². The molecule has 1 heterocycles. The minimum Gasteiger partial charge on any atom is -0.329 e. The predicted molar refractivity (Wildman–Crippen MR) is 73.0 cm³/mol. The van der Waals surface area contributed by atoms with E-state index in [4.69, 9.17) is 5.73 Å². The highest BCUT2D eigenvalue weighted by Gasteiger charge is 2.40. The van der Waals surface area contributed by atoms with Crippen molar-refractivity contribution in [2.45, 2.75) is 57.0 Å². The fraction of sp³-hybridized carbons (Fsp3) is 1.00. The molecule has 2 N–H and O–H groups in total. The van der Waals surface area contributed by atoms with Crippen LogP contribution in [-0.2, 0) is 0 Å². The van der Waals surface area contributed by atoms with E-state index >= 15 is 0 Å². The first kappa shape index (κ1) is 12.7. The molecule has 94 valence electrons. The topological polar surface area (TPSA) is 29.3 Å². The molecule has 1 aliphatic carbocycles. The minimum atomic E-state index is 0.342. The Bertz CT molecular complexity index is 208. The van der Waals surface area contributed by atoms with Crippen molar-refractivity contribution in [1.29, 1.82) is 0 Å². The smallest absolute Gasteiger partial charge is 0.0350 e. The molecule has 0 bridgehead atoms. The summed E-state index contributed by atoms with van der Waals surface area (Å²) in [4.78, 5) is 2.76. The van der Waals surface area contributed by atoms with Crippen molar-refractivity contribution in [1.82, 2.24) is 4.90 Å². The van der Waals surface area contributed by atoms with E-state index in [2.05, 4.69) is 23.6 Å². The second kappa shape index (κ2) is 5.74. The number of likely N-dealkylation sites (N-methyl/N-ethyl adjacent to an activating group) is 1. The maximum atomic E-state index is 6.13. The molecule has 2 aliphatic rings. The van der Waals surface area contributed by atoms with Gasteiger partial charge in [0.1, 0.15) is 0 Å². The molecule has 1 saturated heterocycles. The van der Waals surface area contributed by atoms with Crippen LogP contribution >= 0.6 is 11.8 Å². The minimum absolute atomic E-state index is 0.342. The molecule has 3 heteroatoms. The maximum Gasteiger partial charge on any atom is 0.0350 e. The average molecular weight is 242 g/mol. The van der Waals surface area contributed by atoms with E-state index in [0.29, 0.717) is 5.54 Å². The zero-order chi connectivity index (χ0) is 11.4. The summed E-state index contributed by atoms with van der Waals surface area (Å²) in [7, 11) is 0. The molecule has 1 saturated carbocycles. The number of nitrogens with zero attached hydrogens (tertiary/aromatic N) is 1. The van der Waals surface area contributed by atoms with Gasteiger partial charge in [0.2, 0.25) is 0 Å². The number of hydrogen-bond donors (Lipinski definition) is 1. The van der Waals surface area contributed by atoms with Gasteiger partial charge in [0.05, 0.1) is 0 Å². The first-order valence-electron chi connectivity index (χ1n) is 6.87. The van der Waals surface area contributed by atoms with Gasteiger partial charge in [-0.05, 0) is 43.7 Å². The van der Waals surface area contributed by atoms with E-state index in [-0.39, 0.29) is 0 Å². The maximum absolute atomic E-state index is 6.13. The third kappa shape index (κ3) is 2.41. The Morgan fingerprint density at radius 1 is 1.25 bits per heavy atom. The van der Waals surface area contributed by atoms with Gasteiger partial charge in [-0.2, -0.15) is 11.8 Å². The molecule has 0 unspecified atom stereocenters.